The fourth-order valence-electron chi connectivity index (χ4n) is 8.32. The van der Waals surface area contributed by atoms with E-state index >= 15 is 0 Å². The van der Waals surface area contributed by atoms with Gasteiger partial charge in [0.15, 0.2) is 0 Å². The second-order valence-corrected chi connectivity index (χ2v) is 25.9. The molecule has 20 heteroatoms. The molecular weight excluding hydrogens is 1120 g/mol. The molecule has 88 heavy (non-hydrogen) atoms. The highest BCUT2D eigenvalue weighted by Gasteiger charge is 2.25. The fourth-order valence-corrected chi connectivity index (χ4v) is 8.32. The lowest BCUT2D eigenvalue weighted by atomic mass is 10.1. The normalized spacial score (nSPS) is 13.1. The highest BCUT2D eigenvalue weighted by molar-refractivity contribution is 6.08. The van der Waals surface area contributed by atoms with E-state index in [4.69, 9.17) is 37.9 Å². The highest BCUT2D eigenvalue weighted by Crippen LogP contribution is 2.43. The summed E-state index contributed by atoms with van der Waals surface area (Å²) in [6, 6.07) is 10.1. The van der Waals surface area contributed by atoms with Crippen LogP contribution in [0.2, 0.25) is 0 Å². The van der Waals surface area contributed by atoms with Gasteiger partial charge in [0.2, 0.25) is 0 Å². The van der Waals surface area contributed by atoms with Gasteiger partial charge < -0.3 is 80.4 Å². The van der Waals surface area contributed by atoms with Gasteiger partial charge in [-0.15, -0.1) is 0 Å². The number of carbonyl (C=O) groups excluding carboxylic acids is 4. The quantitative estimate of drug-likeness (QED) is 0.0228. The second-order valence-electron chi connectivity index (χ2n) is 25.9. The number of rotatable bonds is 32. The van der Waals surface area contributed by atoms with E-state index in [1.807, 2.05) is 0 Å². The summed E-state index contributed by atoms with van der Waals surface area (Å²) in [6.45, 7) is 35.9. The first-order valence-corrected chi connectivity index (χ1v) is 31.9. The molecule has 4 aromatic carbocycles. The summed E-state index contributed by atoms with van der Waals surface area (Å²) >= 11 is 0. The van der Waals surface area contributed by atoms with Crippen LogP contribution in [-0.2, 0) is 0 Å². The van der Waals surface area contributed by atoms with Crippen molar-refractivity contribution in [3.63, 3.8) is 0 Å². The maximum absolute atomic E-state index is 14.7. The van der Waals surface area contributed by atoms with Crippen LogP contribution in [0.25, 0.3) is 0 Å². The summed E-state index contributed by atoms with van der Waals surface area (Å²) in [6.07, 6.45) is 5.64. The number of nitrogens with one attached hydrogen (secondary N) is 8. The highest BCUT2D eigenvalue weighted by atomic mass is 16.5. The number of ether oxygens (including phenoxy) is 8. The third-order valence-corrected chi connectivity index (χ3v) is 13.9. The SMILES string of the molecule is CC(C)CCOc1cc(OCCC(C)C)c2cc1NC(=O)Nc1cc(c(OCCC(C)C)cc1OCCC(C)C)NC(=O)Nc1cc(c(OCCC(C)C)cc1OCCC(C)C)NC(=O)Nc1cc(c(OCCC(C)C)cc1OCCC(C)C)NC(=O)N2. The van der Waals surface area contributed by atoms with Gasteiger partial charge in [-0.2, -0.15) is 0 Å². The van der Waals surface area contributed by atoms with E-state index in [9.17, 15) is 19.2 Å². The van der Waals surface area contributed by atoms with Gasteiger partial charge in [0, 0.05) is 24.3 Å². The second kappa shape index (κ2) is 36.0. The smallest absolute Gasteiger partial charge is 0.323 e. The van der Waals surface area contributed by atoms with Crippen LogP contribution in [0, 0.1) is 47.3 Å². The Morgan fingerprint density at radius 2 is 0.330 bits per heavy atom. The Kier molecular flexibility index (Phi) is 29.1. The molecule has 8 N–H and O–H groups in total. The minimum Gasteiger partial charge on any atom is -0.491 e. The Bertz CT molecular complexity index is 2320. The van der Waals surface area contributed by atoms with E-state index in [0.29, 0.717) is 152 Å². The number of carbonyl (C=O) groups is 4. The largest absolute Gasteiger partial charge is 0.491 e. The van der Waals surface area contributed by atoms with Crippen LogP contribution in [-0.4, -0.2) is 77.0 Å². The summed E-state index contributed by atoms with van der Waals surface area (Å²) in [5.41, 5.74) is 1.64. The summed E-state index contributed by atoms with van der Waals surface area (Å²) in [5.74, 6) is 4.74. The standard InChI is InChI=1S/C68H104N8O12/c1-41(2)17-25-81-57-37-58(82-26-18-42(3)4)50-33-49(57)69-65(77)71-51-34-52(60(84-28-20-44(7)8)38-59(51)83-27-19-43(5)6)73-67(79)75-55-36-56(64(88-32-24-48(15)16)40-63(55)87-31-23-47(13)14)76-68(80)74-54-35-53(72-66(78)70-50)61(85-29-21-45(9)10)39-62(54)86-30-22-46(11)12/h33-48H,17-32H2,1-16H3,(H2,69,71,77)(H2,70,72,78)(H2,73,75,79)(H2,74,76,80). The zero-order valence-corrected chi connectivity index (χ0v) is 55.5. The number of hydrogen-bond acceptors (Lipinski definition) is 12. The van der Waals surface area contributed by atoms with Gasteiger partial charge in [0.05, 0.1) is 98.4 Å². The molecule has 0 fully saturated rings. The van der Waals surface area contributed by atoms with E-state index in [0.717, 1.165) is 0 Å². The van der Waals surface area contributed by atoms with Crippen molar-refractivity contribution in [2.45, 2.75) is 162 Å². The third-order valence-electron chi connectivity index (χ3n) is 13.9. The van der Waals surface area contributed by atoms with Gasteiger partial charge in [-0.05, 0) is 123 Å². The average Bonchev–Trinajstić information content (AvgIpc) is 3.25. The molecule has 0 saturated carbocycles. The molecule has 0 spiro atoms. The van der Waals surface area contributed by atoms with E-state index in [-0.39, 0.29) is 91.5 Å². The average molecular weight is 1230 g/mol. The summed E-state index contributed by atoms with van der Waals surface area (Å²) in [5, 5.41) is 23.8. The van der Waals surface area contributed by atoms with Crippen molar-refractivity contribution in [1.82, 2.24) is 0 Å². The van der Waals surface area contributed by atoms with Crippen molar-refractivity contribution in [3.8, 4) is 46.0 Å². The zero-order chi connectivity index (χ0) is 64.5. The molecule has 0 saturated heterocycles. The maximum atomic E-state index is 14.7. The molecule has 0 atom stereocenters. The Labute approximate surface area is 524 Å². The Morgan fingerprint density at radius 1 is 0.216 bits per heavy atom. The molecule has 8 amide bonds. The van der Waals surface area contributed by atoms with Crippen LogP contribution in [0.3, 0.4) is 0 Å². The van der Waals surface area contributed by atoms with Crippen molar-refractivity contribution in [3.05, 3.63) is 48.5 Å². The van der Waals surface area contributed by atoms with Gasteiger partial charge in [0.25, 0.3) is 0 Å². The van der Waals surface area contributed by atoms with E-state index in [2.05, 4.69) is 153 Å². The van der Waals surface area contributed by atoms with Crippen molar-refractivity contribution in [1.29, 1.82) is 0 Å². The van der Waals surface area contributed by atoms with Crippen LogP contribution in [0.1, 0.15) is 162 Å². The first kappa shape index (κ1) is 71.1. The molecule has 0 radical (unpaired) electrons. The summed E-state index contributed by atoms with van der Waals surface area (Å²) < 4.78 is 51.3. The predicted octanol–water partition coefficient (Wildman–Crippen LogP) is 18.0. The van der Waals surface area contributed by atoms with Crippen molar-refractivity contribution < 1.29 is 57.1 Å². The van der Waals surface area contributed by atoms with Gasteiger partial charge in [-0.1, -0.05) is 111 Å². The number of amides is 8. The molecule has 0 aromatic heterocycles. The van der Waals surface area contributed by atoms with Gasteiger partial charge in [-0.25, -0.2) is 19.2 Å². The first-order valence-electron chi connectivity index (χ1n) is 31.9. The molecule has 8 bridgehead atoms. The molecular formula is C68H104N8O12. The number of fused-ring (bicyclic) bond motifs is 8. The van der Waals surface area contributed by atoms with E-state index in [1.165, 1.54) is 0 Å². The van der Waals surface area contributed by atoms with Crippen molar-refractivity contribution in [2.24, 2.45) is 47.3 Å². The monoisotopic (exact) mass is 1220 g/mol. The maximum Gasteiger partial charge on any atom is 0.323 e. The molecule has 1 aliphatic rings. The molecule has 20 nitrogen and oxygen atoms in total. The van der Waals surface area contributed by atoms with E-state index < -0.39 is 24.1 Å². The van der Waals surface area contributed by atoms with Gasteiger partial charge in [-0.3, -0.25) is 0 Å². The predicted molar refractivity (Wildman–Crippen MR) is 356 cm³/mol. The summed E-state index contributed by atoms with van der Waals surface area (Å²) in [4.78, 5) is 58.8. The molecule has 1 heterocycles. The Morgan fingerprint density at radius 3 is 0.432 bits per heavy atom. The molecule has 488 valence electrons. The number of anilines is 8. The lowest BCUT2D eigenvalue weighted by Gasteiger charge is -2.22. The lowest BCUT2D eigenvalue weighted by molar-refractivity contribution is 0.260. The first-order chi connectivity index (χ1) is 41.8. The summed E-state index contributed by atoms with van der Waals surface area (Å²) in [7, 11) is 0. The third kappa shape index (κ3) is 25.2. The number of hydrogen-bond donors (Lipinski definition) is 8. The van der Waals surface area contributed by atoms with Gasteiger partial charge in [0.1, 0.15) is 46.0 Å². The topological polar surface area (TPSA) is 238 Å². The fraction of sp³-hybridized carbons (Fsp3) is 0.588. The molecule has 5 rings (SSSR count). The zero-order valence-electron chi connectivity index (χ0n) is 55.5. The minimum absolute atomic E-state index is 0.205. The minimum atomic E-state index is -0.697. The molecule has 4 aromatic rings. The van der Waals surface area contributed by atoms with Crippen LogP contribution >= 0.6 is 0 Å². The van der Waals surface area contributed by atoms with Crippen LogP contribution in [0.4, 0.5) is 64.7 Å². The molecule has 0 unspecified atom stereocenters. The lowest BCUT2D eigenvalue weighted by Crippen LogP contribution is -2.24. The van der Waals surface area contributed by atoms with Crippen molar-refractivity contribution in [2.75, 3.05) is 95.4 Å². The number of benzene rings is 4. The van der Waals surface area contributed by atoms with Crippen LogP contribution < -0.4 is 80.4 Å². The van der Waals surface area contributed by atoms with E-state index in [1.54, 1.807) is 48.5 Å². The van der Waals surface area contributed by atoms with Gasteiger partial charge >= 0.3 is 24.1 Å². The number of urea groups is 4. The molecule has 0 aliphatic carbocycles. The van der Waals surface area contributed by atoms with Crippen molar-refractivity contribution >= 4 is 69.6 Å². The molecule has 1 aliphatic heterocycles. The van der Waals surface area contributed by atoms with Crippen LogP contribution in [0.5, 0.6) is 46.0 Å². The van der Waals surface area contributed by atoms with Crippen LogP contribution in [0.15, 0.2) is 48.5 Å². The Hall–Kier alpha value is -7.64. The Balaban J connectivity index is 1.79.